The summed E-state index contributed by atoms with van der Waals surface area (Å²) in [6, 6.07) is 7.24. The van der Waals surface area contributed by atoms with Crippen molar-refractivity contribution in [3.8, 4) is 0 Å². The lowest BCUT2D eigenvalue weighted by Gasteiger charge is -2.09. The van der Waals surface area contributed by atoms with Gasteiger partial charge in [0.15, 0.2) is 0 Å². The van der Waals surface area contributed by atoms with Crippen LogP contribution in [0, 0.1) is 0 Å². The number of halogens is 1. The number of carbonyl (C=O) groups is 1. The molecule has 6 heteroatoms. The predicted octanol–water partition coefficient (Wildman–Crippen LogP) is 2.81. The van der Waals surface area contributed by atoms with Crippen molar-refractivity contribution in [1.82, 2.24) is 15.8 Å². The number of carbonyl (C=O) groups excluding carboxylic acids is 1. The number of nitrogens with one attached hydrogen (secondary N) is 2. The van der Waals surface area contributed by atoms with Gasteiger partial charge in [-0.05, 0) is 40.2 Å². The predicted molar refractivity (Wildman–Crippen MR) is 75.9 cm³/mol. The second kappa shape index (κ2) is 5.79. The molecule has 2 N–H and O–H groups in total. The molecule has 0 fully saturated rings. The third kappa shape index (κ3) is 3.18. The summed E-state index contributed by atoms with van der Waals surface area (Å²) in [5, 5.41) is 0. The molecular formula is C12H10BrN3OS. The van der Waals surface area contributed by atoms with E-state index in [-0.39, 0.29) is 5.91 Å². The highest BCUT2D eigenvalue weighted by Gasteiger charge is 2.06. The highest BCUT2D eigenvalue weighted by molar-refractivity contribution is 9.11. The van der Waals surface area contributed by atoms with Crippen LogP contribution in [0.3, 0.4) is 0 Å². The summed E-state index contributed by atoms with van der Waals surface area (Å²) in [7, 11) is 0. The molecule has 0 aromatic carbocycles. The zero-order valence-corrected chi connectivity index (χ0v) is 11.7. The molecule has 0 bridgehead atoms. The largest absolute Gasteiger partial charge is 0.298 e. The maximum absolute atomic E-state index is 11.7. The second-order valence-corrected chi connectivity index (χ2v) is 5.87. The van der Waals surface area contributed by atoms with Crippen LogP contribution < -0.4 is 10.9 Å². The van der Waals surface area contributed by atoms with Gasteiger partial charge < -0.3 is 0 Å². The Morgan fingerprint density at radius 3 is 2.78 bits per heavy atom. The van der Waals surface area contributed by atoms with E-state index in [2.05, 4.69) is 38.3 Å². The Labute approximate surface area is 117 Å². The zero-order chi connectivity index (χ0) is 13.0. The van der Waals surface area contributed by atoms with Gasteiger partial charge in [0, 0.05) is 12.4 Å². The van der Waals surface area contributed by atoms with Crippen molar-refractivity contribution in [2.24, 2.45) is 0 Å². The molecule has 0 aliphatic rings. The molecule has 0 aliphatic carbocycles. The topological polar surface area (TPSA) is 54.0 Å². The highest BCUT2D eigenvalue weighted by atomic mass is 79.9. The molecule has 18 heavy (non-hydrogen) atoms. The summed E-state index contributed by atoms with van der Waals surface area (Å²) in [6.45, 7) is 3.85. The average Bonchev–Trinajstić information content (AvgIpc) is 2.83. The van der Waals surface area contributed by atoms with Gasteiger partial charge in [0.2, 0.25) is 0 Å². The van der Waals surface area contributed by atoms with Crippen LogP contribution in [0.5, 0.6) is 0 Å². The minimum absolute atomic E-state index is 0.250. The van der Waals surface area contributed by atoms with Crippen molar-refractivity contribution < 1.29 is 4.79 Å². The van der Waals surface area contributed by atoms with E-state index in [0.717, 1.165) is 8.66 Å². The molecule has 2 aromatic heterocycles. The molecule has 0 saturated carbocycles. The lowest BCUT2D eigenvalue weighted by Crippen LogP contribution is -2.35. The van der Waals surface area contributed by atoms with Crippen molar-refractivity contribution in [3.63, 3.8) is 0 Å². The molecule has 0 aliphatic heterocycles. The minimum atomic E-state index is -0.250. The van der Waals surface area contributed by atoms with E-state index in [4.69, 9.17) is 0 Å². The Hall–Kier alpha value is -1.66. The van der Waals surface area contributed by atoms with Gasteiger partial charge in [-0.25, -0.2) is 0 Å². The lowest BCUT2D eigenvalue weighted by molar-refractivity contribution is 0.0942. The summed E-state index contributed by atoms with van der Waals surface area (Å²) >= 11 is 4.91. The van der Waals surface area contributed by atoms with Crippen LogP contribution in [0.25, 0.3) is 5.70 Å². The molecule has 92 valence electrons. The van der Waals surface area contributed by atoms with Gasteiger partial charge in [-0.1, -0.05) is 6.58 Å². The molecular weight excluding hydrogens is 314 g/mol. The van der Waals surface area contributed by atoms with Gasteiger partial charge in [-0.2, -0.15) is 0 Å². The molecule has 2 heterocycles. The average molecular weight is 324 g/mol. The molecule has 0 atom stereocenters. The van der Waals surface area contributed by atoms with E-state index in [1.54, 1.807) is 18.3 Å². The van der Waals surface area contributed by atoms with Gasteiger partial charge in [0.1, 0.15) is 0 Å². The number of pyridine rings is 1. The van der Waals surface area contributed by atoms with Gasteiger partial charge in [0.25, 0.3) is 5.91 Å². The van der Waals surface area contributed by atoms with Crippen LogP contribution in [0.15, 0.2) is 47.0 Å². The number of aromatic nitrogens is 1. The van der Waals surface area contributed by atoms with Gasteiger partial charge in [0.05, 0.1) is 19.9 Å². The fraction of sp³-hybridized carbons (Fsp3) is 0. The minimum Gasteiger partial charge on any atom is -0.298 e. The molecule has 0 unspecified atom stereocenters. The van der Waals surface area contributed by atoms with Crippen molar-refractivity contribution in [3.05, 3.63) is 57.5 Å². The Morgan fingerprint density at radius 1 is 1.33 bits per heavy atom. The molecule has 2 aromatic rings. The van der Waals surface area contributed by atoms with Crippen LogP contribution in [0.4, 0.5) is 0 Å². The number of hydrazine groups is 1. The Balaban J connectivity index is 1.92. The maximum atomic E-state index is 11.7. The molecule has 2 rings (SSSR count). The summed E-state index contributed by atoms with van der Waals surface area (Å²) in [4.78, 5) is 16.6. The normalized spacial score (nSPS) is 9.83. The third-order valence-corrected chi connectivity index (χ3v) is 3.80. The first-order valence-corrected chi connectivity index (χ1v) is 6.69. The highest BCUT2D eigenvalue weighted by Crippen LogP contribution is 2.25. The molecule has 1 amide bonds. The van der Waals surface area contributed by atoms with Crippen LogP contribution >= 0.6 is 27.3 Å². The number of thiophene rings is 1. The Bertz CT molecular complexity index is 568. The van der Waals surface area contributed by atoms with Gasteiger partial charge >= 0.3 is 0 Å². The fourth-order valence-corrected chi connectivity index (χ4v) is 2.55. The standard InChI is InChI=1S/C12H10BrN3OS/c1-8(10-4-5-11(13)18-10)15-16-12(17)9-3-2-6-14-7-9/h2-7,15H,1H2,(H,16,17). The van der Waals surface area contributed by atoms with E-state index in [9.17, 15) is 4.79 Å². The van der Waals surface area contributed by atoms with Crippen LogP contribution in [0.1, 0.15) is 15.2 Å². The number of hydrogen-bond donors (Lipinski definition) is 2. The van der Waals surface area contributed by atoms with E-state index in [1.807, 2.05) is 12.1 Å². The van der Waals surface area contributed by atoms with Crippen LogP contribution in [-0.2, 0) is 0 Å². The van der Waals surface area contributed by atoms with Gasteiger partial charge in [-0.15, -0.1) is 11.3 Å². The van der Waals surface area contributed by atoms with Crippen molar-refractivity contribution in [2.75, 3.05) is 0 Å². The van der Waals surface area contributed by atoms with Crippen LogP contribution in [0.2, 0.25) is 0 Å². The van der Waals surface area contributed by atoms with Crippen LogP contribution in [-0.4, -0.2) is 10.9 Å². The second-order valence-electron chi connectivity index (χ2n) is 3.40. The first kappa shape index (κ1) is 12.8. The van der Waals surface area contributed by atoms with Crippen molar-refractivity contribution in [2.45, 2.75) is 0 Å². The number of rotatable bonds is 4. The van der Waals surface area contributed by atoms with E-state index in [1.165, 1.54) is 17.5 Å². The number of amides is 1. The summed E-state index contributed by atoms with van der Waals surface area (Å²) < 4.78 is 1.01. The quantitative estimate of drug-likeness (QED) is 0.851. The Morgan fingerprint density at radius 2 is 2.17 bits per heavy atom. The fourth-order valence-electron chi connectivity index (χ4n) is 1.24. The monoisotopic (exact) mass is 323 g/mol. The van der Waals surface area contributed by atoms with E-state index < -0.39 is 0 Å². The maximum Gasteiger partial charge on any atom is 0.271 e. The first-order chi connectivity index (χ1) is 8.66. The third-order valence-electron chi connectivity index (χ3n) is 2.12. The molecule has 0 spiro atoms. The summed E-state index contributed by atoms with van der Waals surface area (Å²) in [6.07, 6.45) is 3.12. The molecule has 0 radical (unpaired) electrons. The summed E-state index contributed by atoms with van der Waals surface area (Å²) in [5.41, 5.74) is 6.48. The van der Waals surface area contributed by atoms with Crippen molar-refractivity contribution in [1.29, 1.82) is 0 Å². The SMILES string of the molecule is C=C(NNC(=O)c1cccnc1)c1ccc(Br)s1. The smallest absolute Gasteiger partial charge is 0.271 e. The number of nitrogens with zero attached hydrogens (tertiary/aromatic N) is 1. The molecule has 0 saturated heterocycles. The lowest BCUT2D eigenvalue weighted by atomic mass is 10.3. The Kier molecular flexibility index (Phi) is 4.11. The summed E-state index contributed by atoms with van der Waals surface area (Å²) in [5.74, 6) is -0.250. The molecule has 4 nitrogen and oxygen atoms in total. The van der Waals surface area contributed by atoms with Crippen molar-refractivity contribution >= 4 is 38.9 Å². The first-order valence-electron chi connectivity index (χ1n) is 5.08. The number of hydrogen-bond acceptors (Lipinski definition) is 4. The zero-order valence-electron chi connectivity index (χ0n) is 9.31. The van der Waals surface area contributed by atoms with E-state index in [0.29, 0.717) is 11.3 Å². The van der Waals surface area contributed by atoms with E-state index >= 15 is 0 Å². The van der Waals surface area contributed by atoms with Gasteiger partial charge in [-0.3, -0.25) is 20.6 Å².